The second-order valence-electron chi connectivity index (χ2n) is 3.30. The number of benzene rings is 1. The second-order valence-corrected chi connectivity index (χ2v) is 3.30. The third-order valence-electron chi connectivity index (χ3n) is 2.08. The molecule has 0 radical (unpaired) electrons. The Morgan fingerprint density at radius 1 is 1.47 bits per heavy atom. The minimum atomic E-state index is -0.203. The molecular formula is C11H17N3O. The van der Waals surface area contributed by atoms with Crippen LogP contribution in [0.2, 0.25) is 0 Å². The van der Waals surface area contributed by atoms with Crippen molar-refractivity contribution in [1.82, 2.24) is 5.32 Å². The van der Waals surface area contributed by atoms with Crippen molar-refractivity contribution in [2.45, 2.75) is 12.8 Å². The molecule has 1 rings (SSSR count). The van der Waals surface area contributed by atoms with Crippen LogP contribution in [0, 0.1) is 0 Å². The second kappa shape index (κ2) is 6.03. The molecule has 4 N–H and O–H groups in total. The standard InChI is InChI=1S/C11H17N3O/c1-13-11(15)14-10-6-2-4-9(8-10)5-3-7-12/h2,4,6,8H,3,5,7,12H2,1H3,(H2,13,14,15). The molecular weight excluding hydrogens is 190 g/mol. The Hall–Kier alpha value is -1.55. The first-order chi connectivity index (χ1) is 7.26. The van der Waals surface area contributed by atoms with E-state index in [9.17, 15) is 4.79 Å². The number of hydrogen-bond donors (Lipinski definition) is 3. The smallest absolute Gasteiger partial charge is 0.318 e. The van der Waals surface area contributed by atoms with Crippen molar-refractivity contribution in [2.24, 2.45) is 5.73 Å². The molecule has 0 heterocycles. The van der Waals surface area contributed by atoms with Crippen LogP contribution in [0.1, 0.15) is 12.0 Å². The van der Waals surface area contributed by atoms with Crippen molar-refractivity contribution in [3.05, 3.63) is 29.8 Å². The molecule has 1 aromatic carbocycles. The number of nitrogens with two attached hydrogens (primary N) is 1. The summed E-state index contributed by atoms with van der Waals surface area (Å²) in [6.07, 6.45) is 1.91. The van der Waals surface area contributed by atoms with E-state index in [-0.39, 0.29) is 6.03 Å². The fourth-order valence-electron chi connectivity index (χ4n) is 1.30. The van der Waals surface area contributed by atoms with Crippen molar-refractivity contribution in [3.8, 4) is 0 Å². The number of rotatable bonds is 4. The lowest BCUT2D eigenvalue weighted by Gasteiger charge is -2.06. The minimum absolute atomic E-state index is 0.203. The number of urea groups is 1. The zero-order chi connectivity index (χ0) is 11.1. The summed E-state index contributed by atoms with van der Waals surface area (Å²) in [5.41, 5.74) is 7.44. The summed E-state index contributed by atoms with van der Waals surface area (Å²) in [7, 11) is 1.59. The van der Waals surface area contributed by atoms with E-state index in [1.165, 1.54) is 5.56 Å². The molecule has 0 unspecified atom stereocenters. The summed E-state index contributed by atoms with van der Waals surface area (Å²) in [4.78, 5) is 11.1. The quantitative estimate of drug-likeness (QED) is 0.697. The highest BCUT2D eigenvalue weighted by Crippen LogP contribution is 2.11. The van der Waals surface area contributed by atoms with Gasteiger partial charge in [0.2, 0.25) is 0 Å². The highest BCUT2D eigenvalue weighted by Gasteiger charge is 1.99. The van der Waals surface area contributed by atoms with E-state index in [2.05, 4.69) is 10.6 Å². The molecule has 0 spiro atoms. The zero-order valence-corrected chi connectivity index (χ0v) is 8.92. The molecule has 1 aromatic rings. The van der Waals surface area contributed by atoms with E-state index in [4.69, 9.17) is 5.73 Å². The van der Waals surface area contributed by atoms with Gasteiger partial charge in [-0.3, -0.25) is 0 Å². The van der Waals surface area contributed by atoms with Gasteiger partial charge in [-0.15, -0.1) is 0 Å². The van der Waals surface area contributed by atoms with Gasteiger partial charge >= 0.3 is 6.03 Å². The van der Waals surface area contributed by atoms with Crippen LogP contribution in [-0.2, 0) is 6.42 Å². The molecule has 82 valence electrons. The van der Waals surface area contributed by atoms with E-state index >= 15 is 0 Å². The Kier molecular flexibility index (Phi) is 4.63. The van der Waals surface area contributed by atoms with E-state index in [0.717, 1.165) is 18.5 Å². The van der Waals surface area contributed by atoms with Gasteiger partial charge in [0.05, 0.1) is 0 Å². The van der Waals surface area contributed by atoms with Crippen molar-refractivity contribution in [2.75, 3.05) is 18.9 Å². The first-order valence-electron chi connectivity index (χ1n) is 5.04. The molecule has 0 saturated heterocycles. The number of hydrogen-bond acceptors (Lipinski definition) is 2. The number of carbonyl (C=O) groups excluding carboxylic acids is 1. The van der Waals surface area contributed by atoms with Gasteiger partial charge in [0, 0.05) is 12.7 Å². The average Bonchev–Trinajstić information content (AvgIpc) is 2.26. The van der Waals surface area contributed by atoms with E-state index in [1.54, 1.807) is 7.05 Å². The predicted molar refractivity (Wildman–Crippen MR) is 61.9 cm³/mol. The Bertz CT molecular complexity index is 325. The fraction of sp³-hybridized carbons (Fsp3) is 0.364. The maximum absolute atomic E-state index is 11.1. The van der Waals surface area contributed by atoms with E-state index in [0.29, 0.717) is 6.54 Å². The maximum Gasteiger partial charge on any atom is 0.318 e. The molecule has 4 heteroatoms. The summed E-state index contributed by atoms with van der Waals surface area (Å²) in [6, 6.07) is 7.58. The Morgan fingerprint density at radius 3 is 2.93 bits per heavy atom. The van der Waals surface area contributed by atoms with E-state index < -0.39 is 0 Å². The van der Waals surface area contributed by atoms with Crippen molar-refractivity contribution >= 4 is 11.7 Å². The molecule has 0 bridgehead atoms. The van der Waals surface area contributed by atoms with Crippen LogP contribution in [0.5, 0.6) is 0 Å². The van der Waals surface area contributed by atoms with Gasteiger partial charge in [0.25, 0.3) is 0 Å². The highest BCUT2D eigenvalue weighted by atomic mass is 16.2. The summed E-state index contributed by atoms with van der Waals surface area (Å²) in [6.45, 7) is 0.688. The van der Waals surface area contributed by atoms with Crippen LogP contribution in [0.15, 0.2) is 24.3 Å². The van der Waals surface area contributed by atoms with Crippen LogP contribution in [0.3, 0.4) is 0 Å². The van der Waals surface area contributed by atoms with Gasteiger partial charge in [0.1, 0.15) is 0 Å². The summed E-state index contributed by atoms with van der Waals surface area (Å²) in [5.74, 6) is 0. The van der Waals surface area contributed by atoms with Crippen molar-refractivity contribution in [1.29, 1.82) is 0 Å². The number of aryl methyl sites for hydroxylation is 1. The zero-order valence-electron chi connectivity index (χ0n) is 8.92. The highest BCUT2D eigenvalue weighted by molar-refractivity contribution is 5.89. The van der Waals surface area contributed by atoms with Crippen molar-refractivity contribution in [3.63, 3.8) is 0 Å². The number of amides is 2. The molecule has 2 amide bonds. The third kappa shape index (κ3) is 3.99. The summed E-state index contributed by atoms with van der Waals surface area (Å²) in [5, 5.41) is 5.23. The van der Waals surface area contributed by atoms with Crippen LogP contribution < -0.4 is 16.4 Å². The lowest BCUT2D eigenvalue weighted by atomic mass is 10.1. The van der Waals surface area contributed by atoms with E-state index in [1.807, 2.05) is 24.3 Å². The normalized spacial score (nSPS) is 9.73. The lowest BCUT2D eigenvalue weighted by molar-refractivity contribution is 0.254. The average molecular weight is 207 g/mol. The predicted octanol–water partition coefficient (Wildman–Crippen LogP) is 1.33. The van der Waals surface area contributed by atoms with Gasteiger partial charge in [-0.2, -0.15) is 0 Å². The van der Waals surface area contributed by atoms with Gasteiger partial charge in [-0.05, 0) is 37.1 Å². The van der Waals surface area contributed by atoms with Crippen molar-refractivity contribution < 1.29 is 4.79 Å². The SMILES string of the molecule is CNC(=O)Nc1cccc(CCCN)c1. The third-order valence-corrected chi connectivity index (χ3v) is 2.08. The lowest BCUT2D eigenvalue weighted by Crippen LogP contribution is -2.24. The molecule has 0 aromatic heterocycles. The topological polar surface area (TPSA) is 67.2 Å². The first-order valence-corrected chi connectivity index (χ1v) is 5.04. The maximum atomic E-state index is 11.1. The molecule has 0 saturated carbocycles. The van der Waals surface area contributed by atoms with Crippen LogP contribution >= 0.6 is 0 Å². The van der Waals surface area contributed by atoms with Gasteiger partial charge in [-0.1, -0.05) is 12.1 Å². The minimum Gasteiger partial charge on any atom is -0.341 e. The number of nitrogens with one attached hydrogen (secondary N) is 2. The molecule has 0 aliphatic carbocycles. The van der Waals surface area contributed by atoms with Crippen LogP contribution in [0.25, 0.3) is 0 Å². The Labute approximate surface area is 89.9 Å². The Morgan fingerprint density at radius 2 is 2.27 bits per heavy atom. The summed E-state index contributed by atoms with van der Waals surface area (Å²) < 4.78 is 0. The number of carbonyl (C=O) groups is 1. The number of anilines is 1. The molecule has 0 aliphatic heterocycles. The van der Waals surface area contributed by atoms with Crippen LogP contribution in [0.4, 0.5) is 10.5 Å². The Balaban J connectivity index is 2.61. The first kappa shape index (κ1) is 11.5. The van der Waals surface area contributed by atoms with Gasteiger partial charge < -0.3 is 16.4 Å². The van der Waals surface area contributed by atoms with Gasteiger partial charge in [0.15, 0.2) is 0 Å². The fourth-order valence-corrected chi connectivity index (χ4v) is 1.30. The molecule has 0 aliphatic rings. The monoisotopic (exact) mass is 207 g/mol. The summed E-state index contributed by atoms with van der Waals surface area (Å²) >= 11 is 0. The largest absolute Gasteiger partial charge is 0.341 e. The molecule has 0 atom stereocenters. The van der Waals surface area contributed by atoms with Gasteiger partial charge in [-0.25, -0.2) is 4.79 Å². The molecule has 15 heavy (non-hydrogen) atoms. The molecule has 0 fully saturated rings. The molecule has 4 nitrogen and oxygen atoms in total. The van der Waals surface area contributed by atoms with Crippen LogP contribution in [-0.4, -0.2) is 19.6 Å².